The Bertz CT molecular complexity index is 479. The number of ether oxygens (including phenoxy) is 1. The molecule has 2 rings (SSSR count). The molecular weight excluding hydrogens is 262 g/mol. The number of carbonyl (C=O) groups excluding carboxylic acids is 2. The third kappa shape index (κ3) is 3.46. The lowest BCUT2D eigenvalue weighted by molar-refractivity contribution is -0.149. The lowest BCUT2D eigenvalue weighted by Gasteiger charge is -2.27. The zero-order valence-corrected chi connectivity index (χ0v) is 11.4. The van der Waals surface area contributed by atoms with Crippen LogP contribution in [0.25, 0.3) is 0 Å². The van der Waals surface area contributed by atoms with E-state index in [1.54, 1.807) is 6.92 Å². The smallest absolute Gasteiger partial charge is 0.308 e. The number of carbonyl (C=O) groups is 2. The minimum Gasteiger partial charge on any atom is -0.466 e. The maximum atomic E-state index is 11.9. The van der Waals surface area contributed by atoms with Gasteiger partial charge in [0.25, 0.3) is 5.91 Å². The number of amides is 1. The summed E-state index contributed by atoms with van der Waals surface area (Å²) >= 11 is 0. The van der Waals surface area contributed by atoms with Crippen molar-refractivity contribution in [1.82, 2.24) is 20.5 Å². The van der Waals surface area contributed by atoms with Gasteiger partial charge in [0.1, 0.15) is 0 Å². The molecule has 1 aliphatic carbocycles. The highest BCUT2D eigenvalue weighted by Gasteiger charge is 2.28. The highest BCUT2D eigenvalue weighted by Crippen LogP contribution is 2.25. The van der Waals surface area contributed by atoms with E-state index in [1.165, 1.54) is 0 Å². The average Bonchev–Trinajstić information content (AvgIpc) is 2.86. The zero-order valence-electron chi connectivity index (χ0n) is 11.4. The van der Waals surface area contributed by atoms with Crippen LogP contribution in [0, 0.1) is 5.92 Å². The van der Waals surface area contributed by atoms with E-state index in [9.17, 15) is 9.59 Å². The Morgan fingerprint density at radius 3 is 2.65 bits per heavy atom. The molecule has 0 radical (unpaired) electrons. The van der Waals surface area contributed by atoms with Gasteiger partial charge in [-0.25, -0.2) is 0 Å². The van der Waals surface area contributed by atoms with Crippen LogP contribution in [0.2, 0.25) is 0 Å². The first-order valence-electron chi connectivity index (χ1n) is 6.75. The van der Waals surface area contributed by atoms with E-state index < -0.39 is 0 Å². The number of H-pyrrole nitrogens is 1. The lowest BCUT2D eigenvalue weighted by Crippen LogP contribution is -2.39. The normalized spacial score (nSPS) is 22.2. The summed E-state index contributed by atoms with van der Waals surface area (Å²) in [5.41, 5.74) is 5.34. The Hall–Kier alpha value is -2.12. The summed E-state index contributed by atoms with van der Waals surface area (Å²) in [5.74, 6) is -0.366. The van der Waals surface area contributed by atoms with Crippen LogP contribution in [0.4, 0.5) is 5.95 Å². The van der Waals surface area contributed by atoms with Crippen molar-refractivity contribution in [2.24, 2.45) is 5.92 Å². The Labute approximate surface area is 116 Å². The van der Waals surface area contributed by atoms with Crippen LogP contribution in [0.1, 0.15) is 43.2 Å². The second-order valence-electron chi connectivity index (χ2n) is 4.82. The van der Waals surface area contributed by atoms with Crippen LogP contribution in [-0.4, -0.2) is 39.7 Å². The van der Waals surface area contributed by atoms with E-state index in [1.807, 2.05) is 0 Å². The van der Waals surface area contributed by atoms with Crippen LogP contribution in [0.5, 0.6) is 0 Å². The number of anilines is 1. The molecule has 0 aliphatic heterocycles. The number of hydrogen-bond acceptors (Lipinski definition) is 6. The Balaban J connectivity index is 1.80. The van der Waals surface area contributed by atoms with E-state index in [2.05, 4.69) is 20.5 Å². The number of aromatic amines is 1. The van der Waals surface area contributed by atoms with Gasteiger partial charge in [0.15, 0.2) is 0 Å². The van der Waals surface area contributed by atoms with Crippen molar-refractivity contribution in [3.63, 3.8) is 0 Å². The number of rotatable bonds is 4. The van der Waals surface area contributed by atoms with Crippen LogP contribution in [0.15, 0.2) is 0 Å². The van der Waals surface area contributed by atoms with Gasteiger partial charge in [-0.1, -0.05) is 0 Å². The molecule has 8 nitrogen and oxygen atoms in total. The maximum Gasteiger partial charge on any atom is 0.308 e. The second-order valence-corrected chi connectivity index (χ2v) is 4.82. The molecule has 0 bridgehead atoms. The highest BCUT2D eigenvalue weighted by molar-refractivity contribution is 5.90. The first-order chi connectivity index (χ1) is 9.60. The number of nitrogens with zero attached hydrogens (tertiary/aromatic N) is 2. The first-order valence-corrected chi connectivity index (χ1v) is 6.75. The largest absolute Gasteiger partial charge is 0.466 e. The topological polar surface area (TPSA) is 123 Å². The molecule has 8 heteroatoms. The van der Waals surface area contributed by atoms with Gasteiger partial charge in [-0.15, -0.1) is 5.10 Å². The number of nitrogen functional groups attached to an aromatic ring is 1. The van der Waals surface area contributed by atoms with E-state index >= 15 is 0 Å². The van der Waals surface area contributed by atoms with E-state index in [4.69, 9.17) is 10.5 Å². The fourth-order valence-electron chi connectivity index (χ4n) is 2.36. The van der Waals surface area contributed by atoms with Gasteiger partial charge in [-0.3, -0.25) is 14.7 Å². The molecule has 1 fully saturated rings. The molecule has 110 valence electrons. The minimum absolute atomic E-state index is 0.0412. The number of nitrogens with two attached hydrogens (primary N) is 1. The van der Waals surface area contributed by atoms with Crippen LogP contribution >= 0.6 is 0 Å². The zero-order chi connectivity index (χ0) is 14.5. The fourth-order valence-corrected chi connectivity index (χ4v) is 2.36. The van der Waals surface area contributed by atoms with Crippen molar-refractivity contribution >= 4 is 17.8 Å². The number of hydrogen-bond donors (Lipinski definition) is 3. The van der Waals surface area contributed by atoms with Crippen molar-refractivity contribution in [1.29, 1.82) is 0 Å². The van der Waals surface area contributed by atoms with Crippen molar-refractivity contribution < 1.29 is 14.3 Å². The minimum atomic E-state index is -0.325. The number of esters is 1. The van der Waals surface area contributed by atoms with Crippen LogP contribution < -0.4 is 11.1 Å². The van der Waals surface area contributed by atoms with E-state index in [-0.39, 0.29) is 35.6 Å². The van der Waals surface area contributed by atoms with E-state index in [0.717, 1.165) is 25.7 Å². The third-order valence-corrected chi connectivity index (χ3v) is 3.40. The molecule has 20 heavy (non-hydrogen) atoms. The Morgan fingerprint density at radius 1 is 1.40 bits per heavy atom. The summed E-state index contributed by atoms with van der Waals surface area (Å²) in [4.78, 5) is 27.2. The molecule has 1 amide bonds. The fraction of sp³-hybridized carbons (Fsp3) is 0.667. The van der Waals surface area contributed by atoms with Gasteiger partial charge in [-0.05, 0) is 32.6 Å². The molecule has 4 N–H and O–H groups in total. The molecule has 1 saturated carbocycles. The standard InChI is InChI=1S/C12H19N5O3/c1-2-20-11(19)7-3-5-8(6-4-7)14-10(18)9-15-12(13)17-16-9/h7-8H,2-6H2,1H3,(H,14,18)(H3,13,15,16,17). The molecule has 0 saturated heterocycles. The predicted molar refractivity (Wildman–Crippen MR) is 70.6 cm³/mol. The number of aromatic nitrogens is 3. The van der Waals surface area contributed by atoms with Crippen LogP contribution in [-0.2, 0) is 9.53 Å². The highest BCUT2D eigenvalue weighted by atomic mass is 16.5. The van der Waals surface area contributed by atoms with E-state index in [0.29, 0.717) is 6.61 Å². The molecule has 1 heterocycles. The third-order valence-electron chi connectivity index (χ3n) is 3.40. The molecule has 0 aromatic carbocycles. The Morgan fingerprint density at radius 2 is 2.10 bits per heavy atom. The van der Waals surface area contributed by atoms with Gasteiger partial charge < -0.3 is 15.8 Å². The van der Waals surface area contributed by atoms with Gasteiger partial charge in [0, 0.05) is 6.04 Å². The van der Waals surface area contributed by atoms with Gasteiger partial charge in [-0.2, -0.15) is 4.98 Å². The molecule has 0 unspecified atom stereocenters. The Kier molecular flexibility index (Phi) is 4.54. The van der Waals surface area contributed by atoms with Crippen molar-refractivity contribution in [3.8, 4) is 0 Å². The first kappa shape index (κ1) is 14.3. The van der Waals surface area contributed by atoms with Crippen molar-refractivity contribution in [3.05, 3.63) is 5.82 Å². The SMILES string of the molecule is CCOC(=O)C1CCC(NC(=O)c2nc(N)n[nH]2)CC1. The van der Waals surface area contributed by atoms with Crippen LogP contribution in [0.3, 0.4) is 0 Å². The molecule has 0 atom stereocenters. The molecule has 1 aromatic heterocycles. The summed E-state index contributed by atoms with van der Waals surface area (Å²) < 4.78 is 5.01. The maximum absolute atomic E-state index is 11.9. The second kappa shape index (κ2) is 6.36. The summed E-state index contributed by atoms with van der Waals surface area (Å²) in [5, 5.41) is 8.93. The number of nitrogens with one attached hydrogen (secondary N) is 2. The lowest BCUT2D eigenvalue weighted by atomic mass is 9.86. The summed E-state index contributed by atoms with van der Waals surface area (Å²) in [6, 6.07) is 0.0412. The van der Waals surface area contributed by atoms with Gasteiger partial charge >= 0.3 is 5.97 Å². The average molecular weight is 281 g/mol. The quantitative estimate of drug-likeness (QED) is 0.679. The van der Waals surface area contributed by atoms with Crippen molar-refractivity contribution in [2.75, 3.05) is 12.3 Å². The van der Waals surface area contributed by atoms with Crippen molar-refractivity contribution in [2.45, 2.75) is 38.6 Å². The van der Waals surface area contributed by atoms with Gasteiger partial charge in [0.05, 0.1) is 12.5 Å². The molecular formula is C12H19N5O3. The summed E-state index contributed by atoms with van der Waals surface area (Å²) in [7, 11) is 0. The molecule has 0 spiro atoms. The monoisotopic (exact) mass is 281 g/mol. The molecule has 1 aromatic rings. The summed E-state index contributed by atoms with van der Waals surface area (Å²) in [6.07, 6.45) is 2.95. The molecule has 1 aliphatic rings. The van der Waals surface area contributed by atoms with Gasteiger partial charge in [0.2, 0.25) is 11.8 Å². The summed E-state index contributed by atoms with van der Waals surface area (Å²) in [6.45, 7) is 2.20. The predicted octanol–water partition coefficient (Wildman–Crippen LogP) is 0.239.